The lowest BCUT2D eigenvalue weighted by atomic mass is 10.1. The van der Waals surface area contributed by atoms with Crippen LogP contribution in [0, 0.1) is 0 Å². The van der Waals surface area contributed by atoms with Crippen LogP contribution in [0.4, 0.5) is 0 Å². The lowest BCUT2D eigenvalue weighted by Gasteiger charge is -2.01. The van der Waals surface area contributed by atoms with E-state index in [0.717, 1.165) is 12.8 Å². The van der Waals surface area contributed by atoms with Crippen LogP contribution in [-0.4, -0.2) is 5.24 Å². The minimum Gasteiger partial charge on any atom is -0.281 e. The van der Waals surface area contributed by atoms with Gasteiger partial charge in [0.1, 0.15) is 0 Å². The van der Waals surface area contributed by atoms with Crippen molar-refractivity contribution in [2.24, 2.45) is 0 Å². The van der Waals surface area contributed by atoms with E-state index >= 15 is 0 Å². The van der Waals surface area contributed by atoms with Gasteiger partial charge in [0.05, 0.1) is 0 Å². The standard InChI is InChI=1S/C20H37ClO/c1-2-3-4-5-6-7-8-9-10-11-12-13-14-15-16-17-18-19-20(21)22/h7-8H,2-6,9-19H2,1H3/b8-7+. The van der Waals surface area contributed by atoms with Gasteiger partial charge in [-0.1, -0.05) is 83.3 Å². The van der Waals surface area contributed by atoms with Crippen molar-refractivity contribution in [2.75, 3.05) is 0 Å². The molecular formula is C20H37ClO. The molecule has 0 fully saturated rings. The summed E-state index contributed by atoms with van der Waals surface area (Å²) in [5.74, 6) is 0. The molecule has 0 heterocycles. The maximum absolute atomic E-state index is 10.6. The number of halogens is 1. The third-order valence-electron chi connectivity index (χ3n) is 4.14. The van der Waals surface area contributed by atoms with Crippen molar-refractivity contribution in [1.82, 2.24) is 0 Å². The smallest absolute Gasteiger partial charge is 0.221 e. The van der Waals surface area contributed by atoms with Crippen molar-refractivity contribution in [2.45, 2.75) is 110 Å². The summed E-state index contributed by atoms with van der Waals surface area (Å²) in [5, 5.41) is -0.185. The number of hydrogen-bond donors (Lipinski definition) is 0. The van der Waals surface area contributed by atoms with E-state index in [9.17, 15) is 4.79 Å². The third-order valence-corrected chi connectivity index (χ3v) is 4.32. The highest BCUT2D eigenvalue weighted by Gasteiger charge is 1.96. The van der Waals surface area contributed by atoms with Crippen molar-refractivity contribution < 1.29 is 4.79 Å². The maximum atomic E-state index is 10.6. The predicted octanol–water partition coefficient (Wildman–Crippen LogP) is 7.57. The molecule has 0 aliphatic heterocycles. The van der Waals surface area contributed by atoms with Gasteiger partial charge in [-0.2, -0.15) is 0 Å². The van der Waals surface area contributed by atoms with Crippen molar-refractivity contribution in [3.05, 3.63) is 12.2 Å². The normalized spacial score (nSPS) is 11.4. The fraction of sp³-hybridized carbons (Fsp3) is 0.850. The highest BCUT2D eigenvalue weighted by Crippen LogP contribution is 2.12. The average Bonchev–Trinajstić information content (AvgIpc) is 2.50. The number of hydrogen-bond acceptors (Lipinski definition) is 1. The Kier molecular flexibility index (Phi) is 18.5. The van der Waals surface area contributed by atoms with Gasteiger partial charge < -0.3 is 0 Å². The van der Waals surface area contributed by atoms with Crippen LogP contribution in [0.25, 0.3) is 0 Å². The summed E-state index contributed by atoms with van der Waals surface area (Å²) in [6, 6.07) is 0. The van der Waals surface area contributed by atoms with Crippen LogP contribution in [-0.2, 0) is 4.79 Å². The minimum absolute atomic E-state index is 0.185. The van der Waals surface area contributed by atoms with Crippen LogP contribution in [0.15, 0.2) is 12.2 Å². The largest absolute Gasteiger partial charge is 0.281 e. The van der Waals surface area contributed by atoms with Crippen LogP contribution in [0.1, 0.15) is 110 Å². The number of allylic oxidation sites excluding steroid dienone is 2. The lowest BCUT2D eigenvalue weighted by Crippen LogP contribution is -1.86. The molecule has 2 heteroatoms. The van der Waals surface area contributed by atoms with E-state index in [0.29, 0.717) is 6.42 Å². The van der Waals surface area contributed by atoms with Crippen molar-refractivity contribution in [3.63, 3.8) is 0 Å². The second kappa shape index (κ2) is 18.7. The van der Waals surface area contributed by atoms with Gasteiger partial charge in [0, 0.05) is 6.42 Å². The summed E-state index contributed by atoms with van der Waals surface area (Å²) in [4.78, 5) is 10.6. The fourth-order valence-corrected chi connectivity index (χ4v) is 2.82. The molecule has 0 atom stereocenters. The molecule has 0 aromatic carbocycles. The van der Waals surface area contributed by atoms with E-state index in [1.165, 1.54) is 83.5 Å². The lowest BCUT2D eigenvalue weighted by molar-refractivity contribution is -0.111. The van der Waals surface area contributed by atoms with Crippen molar-refractivity contribution >= 4 is 16.8 Å². The van der Waals surface area contributed by atoms with Gasteiger partial charge in [-0.25, -0.2) is 0 Å². The Morgan fingerprint density at radius 3 is 1.55 bits per heavy atom. The topological polar surface area (TPSA) is 17.1 Å². The Balaban J connectivity index is 3.05. The van der Waals surface area contributed by atoms with Crippen LogP contribution in [0.5, 0.6) is 0 Å². The Morgan fingerprint density at radius 1 is 0.682 bits per heavy atom. The van der Waals surface area contributed by atoms with Gasteiger partial charge in [0.2, 0.25) is 5.24 Å². The first-order valence-electron chi connectivity index (χ1n) is 9.60. The molecule has 0 aromatic heterocycles. The Hall–Kier alpha value is -0.300. The fourth-order valence-electron chi connectivity index (χ4n) is 2.69. The second-order valence-corrected chi connectivity index (χ2v) is 6.82. The molecule has 22 heavy (non-hydrogen) atoms. The average molecular weight is 329 g/mol. The summed E-state index contributed by atoms with van der Waals surface area (Å²) in [5.41, 5.74) is 0. The molecule has 0 spiro atoms. The van der Waals surface area contributed by atoms with E-state index < -0.39 is 0 Å². The molecule has 0 aliphatic carbocycles. The van der Waals surface area contributed by atoms with Crippen LogP contribution >= 0.6 is 11.6 Å². The second-order valence-electron chi connectivity index (χ2n) is 6.40. The quantitative estimate of drug-likeness (QED) is 0.153. The molecule has 0 N–H and O–H groups in total. The van der Waals surface area contributed by atoms with Crippen LogP contribution in [0.2, 0.25) is 0 Å². The molecule has 0 aromatic rings. The molecule has 0 saturated carbocycles. The van der Waals surface area contributed by atoms with Crippen LogP contribution in [0.3, 0.4) is 0 Å². The summed E-state index contributed by atoms with van der Waals surface area (Å²) in [6.45, 7) is 2.26. The van der Waals surface area contributed by atoms with Crippen LogP contribution < -0.4 is 0 Å². The van der Waals surface area contributed by atoms with Gasteiger partial charge in [-0.05, 0) is 43.7 Å². The predicted molar refractivity (Wildman–Crippen MR) is 99.5 cm³/mol. The van der Waals surface area contributed by atoms with Gasteiger partial charge in [0.15, 0.2) is 0 Å². The van der Waals surface area contributed by atoms with E-state index in [4.69, 9.17) is 11.6 Å². The monoisotopic (exact) mass is 328 g/mol. The van der Waals surface area contributed by atoms with E-state index in [1.54, 1.807) is 0 Å². The first-order valence-corrected chi connectivity index (χ1v) is 9.98. The number of unbranched alkanes of at least 4 members (excludes halogenated alkanes) is 13. The first kappa shape index (κ1) is 21.7. The molecule has 130 valence electrons. The first-order chi connectivity index (χ1) is 10.8. The zero-order valence-electron chi connectivity index (χ0n) is 14.8. The van der Waals surface area contributed by atoms with Crippen molar-refractivity contribution in [1.29, 1.82) is 0 Å². The third kappa shape index (κ3) is 19.7. The Bertz CT molecular complexity index is 260. The molecule has 0 radical (unpaired) electrons. The zero-order chi connectivity index (χ0) is 16.3. The summed E-state index contributed by atoms with van der Waals surface area (Å²) in [7, 11) is 0. The molecule has 0 saturated heterocycles. The minimum atomic E-state index is -0.185. The van der Waals surface area contributed by atoms with E-state index in [1.807, 2.05) is 0 Å². The van der Waals surface area contributed by atoms with Gasteiger partial charge in [-0.15, -0.1) is 0 Å². The van der Waals surface area contributed by atoms with E-state index in [-0.39, 0.29) is 5.24 Å². The van der Waals surface area contributed by atoms with Crippen molar-refractivity contribution in [3.8, 4) is 0 Å². The number of carbonyl (C=O) groups excluding carboxylic acids is 1. The zero-order valence-corrected chi connectivity index (χ0v) is 15.5. The molecule has 0 rings (SSSR count). The molecule has 0 unspecified atom stereocenters. The highest BCUT2D eigenvalue weighted by molar-refractivity contribution is 6.63. The van der Waals surface area contributed by atoms with E-state index in [2.05, 4.69) is 19.1 Å². The highest BCUT2D eigenvalue weighted by atomic mass is 35.5. The number of rotatable bonds is 17. The Labute approximate surface area is 143 Å². The molecule has 1 nitrogen and oxygen atoms in total. The SMILES string of the molecule is CCCCCC/C=C/CCCCCCCCCCCC(=O)Cl. The summed E-state index contributed by atoms with van der Waals surface area (Å²) < 4.78 is 0. The molecule has 0 bridgehead atoms. The Morgan fingerprint density at radius 2 is 1.09 bits per heavy atom. The van der Waals surface area contributed by atoms with Gasteiger partial charge in [-0.3, -0.25) is 4.79 Å². The molecule has 0 amide bonds. The van der Waals surface area contributed by atoms with Gasteiger partial charge >= 0.3 is 0 Å². The number of carbonyl (C=O) groups is 1. The molecule has 0 aliphatic rings. The van der Waals surface area contributed by atoms with Gasteiger partial charge in [0.25, 0.3) is 0 Å². The summed E-state index contributed by atoms with van der Waals surface area (Å²) >= 11 is 5.31. The molecular weight excluding hydrogens is 292 g/mol. The maximum Gasteiger partial charge on any atom is 0.221 e. The summed E-state index contributed by atoms with van der Waals surface area (Å²) in [6.07, 6.45) is 24.8.